The van der Waals surface area contributed by atoms with E-state index in [9.17, 15) is 0 Å². The molecule has 1 aromatic rings. The van der Waals surface area contributed by atoms with Crippen LogP contribution in [-0.4, -0.2) is 0 Å². The molecule has 0 N–H and O–H groups in total. The first-order chi connectivity index (χ1) is 13.2. The summed E-state index contributed by atoms with van der Waals surface area (Å²) in [7, 11) is 0. The maximum absolute atomic E-state index is 4.37. The van der Waals surface area contributed by atoms with Crippen molar-refractivity contribution in [3.63, 3.8) is 0 Å². The van der Waals surface area contributed by atoms with Crippen LogP contribution in [-0.2, 0) is 6.42 Å². The van der Waals surface area contributed by atoms with Crippen LogP contribution in [0, 0.1) is 11.3 Å². The van der Waals surface area contributed by atoms with Gasteiger partial charge in [-0.2, -0.15) is 0 Å². The third kappa shape index (κ3) is 23.1. The fraction of sp³-hybridized carbons (Fsp3) is 0.722. The van der Waals surface area contributed by atoms with Crippen LogP contribution in [0.5, 0.6) is 0 Å². The zero-order valence-corrected chi connectivity index (χ0v) is 19.9. The molecule has 0 fully saturated rings. The van der Waals surface area contributed by atoms with Crippen LogP contribution in [0.15, 0.2) is 48.1 Å². The second-order valence-corrected chi connectivity index (χ2v) is 9.95. The van der Waals surface area contributed by atoms with Crippen LogP contribution in [0.4, 0.5) is 0 Å². The Balaban J connectivity index is -0.000000163. The molecule has 2 unspecified atom stereocenters. The lowest BCUT2D eigenvalue weighted by Gasteiger charge is -2.21. The van der Waals surface area contributed by atoms with Crippen molar-refractivity contribution in [3.05, 3.63) is 59.2 Å². The zero-order chi connectivity index (χ0) is 21.2. The van der Waals surface area contributed by atoms with Gasteiger partial charge in [0.15, 0.2) is 0 Å². The van der Waals surface area contributed by atoms with Crippen molar-refractivity contribution in [3.8, 4) is 0 Å². The Morgan fingerprint density at radius 3 is 1.72 bits per heavy atom. The number of allylic oxidation sites excluding steroid dienone is 3. The summed E-state index contributed by atoms with van der Waals surface area (Å²) in [6.07, 6.45) is 12.1. The quantitative estimate of drug-likeness (QED) is 0.245. The van der Waals surface area contributed by atoms with Crippen molar-refractivity contribution in [2.24, 2.45) is 11.3 Å². The number of benzene rings is 1. The molecule has 2 atom stereocenters. The van der Waals surface area contributed by atoms with Crippen molar-refractivity contribution in [2.75, 3.05) is 0 Å². The minimum Gasteiger partial charge on any atom is -0.0996 e. The third-order valence-electron chi connectivity index (χ3n) is 6.24. The standard InChI is InChI=1S/C28H46.8CH4/c1-9-25(15-14-22(3)23(4)20-21-28(6,7)8)13-11-12-24(5)27-18-16-26(10-2)17-19-27;;;;;;;;/h13,16-19,22,24H,4,9-12,14-15,20-21H2,1-3,5-8H3;8*1H4. The average Bonchev–Trinajstić information content (AvgIpc) is 2.67. The van der Waals surface area contributed by atoms with Gasteiger partial charge >= 0.3 is 0 Å². The van der Waals surface area contributed by atoms with Gasteiger partial charge in [-0.1, -0.05) is 156 Å². The van der Waals surface area contributed by atoms with Crippen LogP contribution in [0.25, 0.3) is 0 Å². The van der Waals surface area contributed by atoms with Gasteiger partial charge in [0.25, 0.3) is 0 Å². The van der Waals surface area contributed by atoms with Crippen LogP contribution >= 0.6 is 0 Å². The SMILES string of the molecule is C.C.C.C.C.C.C.C.C=C(CCC(C)(C)C)C(C)CCC(=CCCC(C)c1ccc(CC)cc1)CC. The Labute approximate surface area is 235 Å². The van der Waals surface area contributed by atoms with Gasteiger partial charge in [0.05, 0.1) is 0 Å². The van der Waals surface area contributed by atoms with Gasteiger partial charge in [0.2, 0.25) is 0 Å². The molecule has 1 rings (SSSR count). The molecule has 0 saturated heterocycles. The van der Waals surface area contributed by atoms with Gasteiger partial charge in [-0.3, -0.25) is 0 Å². The maximum atomic E-state index is 4.37. The number of rotatable bonds is 12. The molecule has 0 aliphatic rings. The summed E-state index contributed by atoms with van der Waals surface area (Å²) in [6.45, 7) is 20.6. The van der Waals surface area contributed by atoms with E-state index < -0.39 is 0 Å². The highest BCUT2D eigenvalue weighted by Crippen LogP contribution is 2.29. The van der Waals surface area contributed by atoms with Crippen molar-refractivity contribution in [2.45, 2.75) is 165 Å². The molecular formula is C36H78. The van der Waals surface area contributed by atoms with E-state index in [1.807, 2.05) is 0 Å². The van der Waals surface area contributed by atoms with E-state index in [0.29, 0.717) is 17.3 Å². The summed E-state index contributed by atoms with van der Waals surface area (Å²) >= 11 is 0. The molecule has 0 spiro atoms. The summed E-state index contributed by atoms with van der Waals surface area (Å²) in [4.78, 5) is 0. The van der Waals surface area contributed by atoms with E-state index in [4.69, 9.17) is 0 Å². The Bertz CT molecular complexity index is 594. The van der Waals surface area contributed by atoms with Crippen LogP contribution in [0.2, 0.25) is 0 Å². The average molecular weight is 511 g/mol. The summed E-state index contributed by atoms with van der Waals surface area (Å²) in [5.74, 6) is 1.27. The van der Waals surface area contributed by atoms with E-state index in [2.05, 4.69) is 85.4 Å². The number of hydrogen-bond acceptors (Lipinski definition) is 0. The zero-order valence-electron chi connectivity index (χ0n) is 19.9. The van der Waals surface area contributed by atoms with E-state index in [1.165, 1.54) is 61.6 Å². The molecule has 0 aromatic heterocycles. The molecule has 0 aliphatic heterocycles. The first-order valence-corrected chi connectivity index (χ1v) is 11.6. The van der Waals surface area contributed by atoms with E-state index in [0.717, 1.165) is 6.42 Å². The van der Waals surface area contributed by atoms with Gasteiger partial charge in [-0.25, -0.2) is 0 Å². The highest BCUT2D eigenvalue weighted by molar-refractivity contribution is 5.25. The van der Waals surface area contributed by atoms with Gasteiger partial charge < -0.3 is 0 Å². The fourth-order valence-electron chi connectivity index (χ4n) is 3.60. The fourth-order valence-corrected chi connectivity index (χ4v) is 3.60. The molecular weight excluding hydrogens is 432 g/mol. The maximum Gasteiger partial charge on any atom is -0.0187 e. The van der Waals surface area contributed by atoms with Gasteiger partial charge in [0.1, 0.15) is 0 Å². The predicted molar refractivity (Wildman–Crippen MR) is 182 cm³/mol. The molecule has 0 heterocycles. The van der Waals surface area contributed by atoms with Crippen molar-refractivity contribution >= 4 is 0 Å². The second-order valence-electron chi connectivity index (χ2n) is 9.95. The number of hydrogen-bond donors (Lipinski definition) is 0. The molecule has 0 saturated carbocycles. The van der Waals surface area contributed by atoms with Crippen LogP contribution in [0.3, 0.4) is 0 Å². The summed E-state index contributed by atoms with van der Waals surface area (Å²) in [5, 5.41) is 0. The van der Waals surface area contributed by atoms with E-state index in [-0.39, 0.29) is 59.4 Å². The Morgan fingerprint density at radius 2 is 1.31 bits per heavy atom. The minimum absolute atomic E-state index is 0. The summed E-state index contributed by atoms with van der Waals surface area (Å²) in [5.41, 5.74) is 6.39. The monoisotopic (exact) mass is 511 g/mol. The lowest BCUT2D eigenvalue weighted by molar-refractivity contribution is 0.370. The van der Waals surface area contributed by atoms with Crippen molar-refractivity contribution in [1.29, 1.82) is 0 Å². The van der Waals surface area contributed by atoms with E-state index in [1.54, 1.807) is 5.57 Å². The minimum atomic E-state index is 0. The largest absolute Gasteiger partial charge is 0.0996 e. The van der Waals surface area contributed by atoms with Gasteiger partial charge in [-0.05, 0) is 79.7 Å². The van der Waals surface area contributed by atoms with Gasteiger partial charge in [-0.15, -0.1) is 0 Å². The molecule has 222 valence electrons. The van der Waals surface area contributed by atoms with Crippen LogP contribution in [0.1, 0.15) is 170 Å². The molecule has 0 heteroatoms. The normalized spacial score (nSPS) is 11.5. The topological polar surface area (TPSA) is 0 Å². The smallest absolute Gasteiger partial charge is 0.0187 e. The second kappa shape index (κ2) is 28.3. The van der Waals surface area contributed by atoms with Gasteiger partial charge in [0, 0.05) is 0 Å². The Morgan fingerprint density at radius 1 is 0.806 bits per heavy atom. The lowest BCUT2D eigenvalue weighted by atomic mass is 9.84. The first-order valence-electron chi connectivity index (χ1n) is 11.6. The molecule has 0 radical (unpaired) electrons. The summed E-state index contributed by atoms with van der Waals surface area (Å²) < 4.78 is 0. The molecule has 0 bridgehead atoms. The number of aryl methyl sites for hydroxylation is 1. The molecule has 0 aliphatic carbocycles. The van der Waals surface area contributed by atoms with Crippen molar-refractivity contribution < 1.29 is 0 Å². The molecule has 0 nitrogen and oxygen atoms in total. The molecule has 36 heavy (non-hydrogen) atoms. The predicted octanol–water partition coefficient (Wildman–Crippen LogP) is 14.4. The highest BCUT2D eigenvalue weighted by Gasteiger charge is 2.14. The van der Waals surface area contributed by atoms with Crippen molar-refractivity contribution in [1.82, 2.24) is 0 Å². The Hall–Kier alpha value is -1.30. The Kier molecular flexibility index (Phi) is 43.4. The summed E-state index contributed by atoms with van der Waals surface area (Å²) in [6, 6.07) is 9.21. The third-order valence-corrected chi connectivity index (χ3v) is 6.24. The highest BCUT2D eigenvalue weighted by atomic mass is 14.2. The first kappa shape index (κ1) is 55.3. The lowest BCUT2D eigenvalue weighted by Crippen LogP contribution is -2.07. The molecule has 1 aromatic carbocycles. The van der Waals surface area contributed by atoms with E-state index >= 15 is 0 Å². The molecule has 0 amide bonds. The van der Waals surface area contributed by atoms with Crippen LogP contribution < -0.4 is 0 Å².